The Morgan fingerprint density at radius 1 is 1.25 bits per heavy atom. The molecule has 138 valence electrons. The van der Waals surface area contributed by atoms with Crippen molar-refractivity contribution in [1.82, 2.24) is 5.32 Å². The monoisotopic (exact) mass is 459 g/mol. The summed E-state index contributed by atoms with van der Waals surface area (Å²) in [5.74, 6) is 0.683. The topological polar surface area (TPSA) is 59.6 Å². The lowest BCUT2D eigenvalue weighted by Gasteiger charge is -2.16. The Balaban J connectivity index is 0.00000529. The number of alkyl halides is 3. The van der Waals surface area contributed by atoms with Crippen molar-refractivity contribution >= 4 is 29.9 Å². The van der Waals surface area contributed by atoms with E-state index >= 15 is 0 Å². The SMILES string of the molecule is CC(C)CNC(N)=NCc1ccc(OC(C)C)cc1C(F)(F)F.I. The predicted molar refractivity (Wildman–Crippen MR) is 101 cm³/mol. The minimum atomic E-state index is -4.47. The molecule has 0 radical (unpaired) electrons. The Hall–Kier alpha value is -1.19. The molecule has 0 fully saturated rings. The summed E-state index contributed by atoms with van der Waals surface area (Å²) in [6.45, 7) is 7.97. The van der Waals surface area contributed by atoms with Gasteiger partial charge in [-0.15, -0.1) is 24.0 Å². The van der Waals surface area contributed by atoms with Gasteiger partial charge in [-0.3, -0.25) is 0 Å². The Kier molecular flexibility index (Phi) is 9.46. The third kappa shape index (κ3) is 8.07. The lowest BCUT2D eigenvalue weighted by molar-refractivity contribution is -0.138. The maximum Gasteiger partial charge on any atom is 0.416 e. The maximum atomic E-state index is 13.2. The maximum absolute atomic E-state index is 13.2. The van der Waals surface area contributed by atoms with Crippen molar-refractivity contribution in [2.45, 2.75) is 46.5 Å². The van der Waals surface area contributed by atoms with Crippen LogP contribution < -0.4 is 15.8 Å². The summed E-state index contributed by atoms with van der Waals surface area (Å²) < 4.78 is 44.9. The number of nitrogens with zero attached hydrogens (tertiary/aromatic N) is 1. The van der Waals surface area contributed by atoms with E-state index in [1.165, 1.54) is 12.1 Å². The summed E-state index contributed by atoms with van der Waals surface area (Å²) in [5, 5.41) is 2.87. The van der Waals surface area contributed by atoms with Gasteiger partial charge in [-0.25, -0.2) is 4.99 Å². The van der Waals surface area contributed by atoms with Gasteiger partial charge in [-0.05, 0) is 37.5 Å². The zero-order valence-electron chi connectivity index (χ0n) is 14.3. The fraction of sp³-hybridized carbons (Fsp3) is 0.562. The van der Waals surface area contributed by atoms with Gasteiger partial charge in [0.05, 0.1) is 18.2 Å². The van der Waals surface area contributed by atoms with Crippen LogP contribution >= 0.6 is 24.0 Å². The van der Waals surface area contributed by atoms with Crippen molar-refractivity contribution in [1.29, 1.82) is 0 Å². The number of halogens is 4. The number of aliphatic imine (C=N–C) groups is 1. The van der Waals surface area contributed by atoms with Crippen LogP contribution in [-0.2, 0) is 12.7 Å². The highest BCUT2D eigenvalue weighted by atomic mass is 127. The minimum absolute atomic E-state index is 0. The first-order valence-electron chi connectivity index (χ1n) is 7.50. The van der Waals surface area contributed by atoms with Gasteiger partial charge in [-0.1, -0.05) is 19.9 Å². The normalized spacial score (nSPS) is 12.3. The van der Waals surface area contributed by atoms with Crippen molar-refractivity contribution < 1.29 is 17.9 Å². The summed E-state index contributed by atoms with van der Waals surface area (Å²) >= 11 is 0. The van der Waals surface area contributed by atoms with Crippen LogP contribution in [0.1, 0.15) is 38.8 Å². The number of guanidine groups is 1. The molecule has 0 unspecified atom stereocenters. The molecule has 1 rings (SSSR count). The standard InChI is InChI=1S/C16H24F3N3O.HI/c1-10(2)8-21-15(20)22-9-12-5-6-13(23-11(3)4)7-14(12)16(17,18)19;/h5-7,10-11H,8-9H2,1-4H3,(H3,20,21,22);1H. The van der Waals surface area contributed by atoms with E-state index in [1.807, 2.05) is 13.8 Å². The lowest BCUT2D eigenvalue weighted by atomic mass is 10.1. The molecule has 0 aliphatic heterocycles. The molecule has 0 aliphatic rings. The van der Waals surface area contributed by atoms with Gasteiger partial charge in [0, 0.05) is 6.54 Å². The molecule has 0 amide bonds. The first-order valence-corrected chi connectivity index (χ1v) is 7.50. The number of ether oxygens (including phenoxy) is 1. The number of rotatable bonds is 6. The molecule has 0 bridgehead atoms. The van der Waals surface area contributed by atoms with Crippen LogP contribution in [0.3, 0.4) is 0 Å². The molecule has 8 heteroatoms. The van der Waals surface area contributed by atoms with Gasteiger partial charge in [-0.2, -0.15) is 13.2 Å². The van der Waals surface area contributed by atoms with Crippen LogP contribution in [0.2, 0.25) is 0 Å². The van der Waals surface area contributed by atoms with Gasteiger partial charge in [0.2, 0.25) is 0 Å². The second kappa shape index (κ2) is 9.95. The highest BCUT2D eigenvalue weighted by Crippen LogP contribution is 2.35. The van der Waals surface area contributed by atoms with Gasteiger partial charge >= 0.3 is 6.18 Å². The highest BCUT2D eigenvalue weighted by Gasteiger charge is 2.33. The molecule has 1 aromatic carbocycles. The summed E-state index contributed by atoms with van der Waals surface area (Å²) in [6, 6.07) is 3.89. The number of benzene rings is 1. The second-order valence-electron chi connectivity index (χ2n) is 5.96. The molecule has 3 N–H and O–H groups in total. The van der Waals surface area contributed by atoms with Gasteiger partial charge < -0.3 is 15.8 Å². The second-order valence-corrected chi connectivity index (χ2v) is 5.96. The largest absolute Gasteiger partial charge is 0.491 e. The Bertz CT molecular complexity index is 546. The summed E-state index contributed by atoms with van der Waals surface area (Å²) in [5.41, 5.74) is 4.96. The van der Waals surface area contributed by atoms with E-state index in [0.29, 0.717) is 12.5 Å². The first-order chi connectivity index (χ1) is 10.6. The number of hydrogen-bond acceptors (Lipinski definition) is 2. The smallest absolute Gasteiger partial charge is 0.416 e. The molecule has 0 heterocycles. The third-order valence-electron chi connectivity index (χ3n) is 2.87. The van der Waals surface area contributed by atoms with Crippen LogP contribution in [0.5, 0.6) is 5.75 Å². The van der Waals surface area contributed by atoms with E-state index in [9.17, 15) is 13.2 Å². The number of nitrogens with two attached hydrogens (primary N) is 1. The van der Waals surface area contributed by atoms with Crippen LogP contribution in [0.25, 0.3) is 0 Å². The van der Waals surface area contributed by atoms with Crippen molar-refractivity contribution in [3.63, 3.8) is 0 Å². The Morgan fingerprint density at radius 3 is 2.38 bits per heavy atom. The molecule has 0 aromatic heterocycles. The zero-order chi connectivity index (χ0) is 17.6. The van der Waals surface area contributed by atoms with Crippen LogP contribution in [0.4, 0.5) is 13.2 Å². The van der Waals surface area contributed by atoms with Crippen molar-refractivity contribution in [3.05, 3.63) is 29.3 Å². The Labute approximate surface area is 158 Å². The summed E-state index contributed by atoms with van der Waals surface area (Å²) in [4.78, 5) is 3.97. The van der Waals surface area contributed by atoms with E-state index in [2.05, 4.69) is 10.3 Å². The molecule has 1 aromatic rings. The quantitative estimate of drug-likeness (QED) is 0.382. The van der Waals surface area contributed by atoms with Gasteiger partial charge in [0.25, 0.3) is 0 Å². The molecule has 0 saturated carbocycles. The van der Waals surface area contributed by atoms with E-state index in [-0.39, 0.29) is 53.9 Å². The molecule has 24 heavy (non-hydrogen) atoms. The van der Waals surface area contributed by atoms with E-state index in [1.54, 1.807) is 13.8 Å². The number of nitrogens with one attached hydrogen (secondary N) is 1. The first kappa shape index (κ1) is 22.8. The molecule has 0 saturated heterocycles. The third-order valence-corrected chi connectivity index (χ3v) is 2.87. The minimum Gasteiger partial charge on any atom is -0.491 e. The lowest BCUT2D eigenvalue weighted by Crippen LogP contribution is -2.34. The van der Waals surface area contributed by atoms with Crippen LogP contribution in [-0.4, -0.2) is 18.6 Å². The van der Waals surface area contributed by atoms with Crippen molar-refractivity contribution in [3.8, 4) is 5.75 Å². The average molecular weight is 459 g/mol. The fourth-order valence-corrected chi connectivity index (χ4v) is 1.84. The fourth-order valence-electron chi connectivity index (χ4n) is 1.84. The van der Waals surface area contributed by atoms with Gasteiger partial charge in [0.15, 0.2) is 5.96 Å². The molecular formula is C16H25F3IN3O. The van der Waals surface area contributed by atoms with Crippen LogP contribution in [0, 0.1) is 5.92 Å². The zero-order valence-corrected chi connectivity index (χ0v) is 16.6. The van der Waals surface area contributed by atoms with Crippen molar-refractivity contribution in [2.24, 2.45) is 16.6 Å². The van der Waals surface area contributed by atoms with E-state index in [4.69, 9.17) is 10.5 Å². The van der Waals surface area contributed by atoms with E-state index in [0.717, 1.165) is 6.07 Å². The molecule has 0 atom stereocenters. The summed E-state index contributed by atoms with van der Waals surface area (Å²) in [6.07, 6.45) is -4.67. The van der Waals surface area contributed by atoms with Crippen molar-refractivity contribution in [2.75, 3.05) is 6.54 Å². The molecule has 4 nitrogen and oxygen atoms in total. The predicted octanol–water partition coefficient (Wildman–Crippen LogP) is 4.17. The molecular weight excluding hydrogens is 434 g/mol. The highest BCUT2D eigenvalue weighted by molar-refractivity contribution is 14.0. The molecule has 0 spiro atoms. The summed E-state index contributed by atoms with van der Waals surface area (Å²) in [7, 11) is 0. The van der Waals surface area contributed by atoms with Crippen LogP contribution in [0.15, 0.2) is 23.2 Å². The molecule has 0 aliphatic carbocycles. The van der Waals surface area contributed by atoms with Gasteiger partial charge in [0.1, 0.15) is 5.75 Å². The van der Waals surface area contributed by atoms with E-state index < -0.39 is 11.7 Å². The Morgan fingerprint density at radius 2 is 1.88 bits per heavy atom. The average Bonchev–Trinajstić information content (AvgIpc) is 2.42. The number of hydrogen-bond donors (Lipinski definition) is 2.